The van der Waals surface area contributed by atoms with Crippen LogP contribution in [0.4, 0.5) is 0 Å². The van der Waals surface area contributed by atoms with Crippen molar-refractivity contribution in [2.45, 2.75) is 13.3 Å². The minimum atomic E-state index is -0.491. The van der Waals surface area contributed by atoms with E-state index in [1.54, 1.807) is 6.92 Å². The number of carbonyl (C=O) groups is 2. The third-order valence-corrected chi connectivity index (χ3v) is 2.41. The molecule has 0 fully saturated rings. The molecule has 0 aromatic carbocycles. The van der Waals surface area contributed by atoms with E-state index in [-0.39, 0.29) is 23.9 Å². The van der Waals surface area contributed by atoms with Crippen LogP contribution in [0.15, 0.2) is 0 Å². The maximum Gasteiger partial charge on any atom is 0.356 e. The number of H-pyrrole nitrogens is 1. The van der Waals surface area contributed by atoms with Crippen molar-refractivity contribution in [1.29, 1.82) is 0 Å². The lowest BCUT2D eigenvalue weighted by atomic mass is 10.0. The quantitative estimate of drug-likeness (QED) is 0.545. The lowest BCUT2D eigenvalue weighted by Gasteiger charge is -2.22. The molecule has 7 heteroatoms. The SMILES string of the molecule is [B]N1CCc2c(n[nH]c2C(=O)OCC)C1=O. The van der Waals surface area contributed by atoms with Crippen LogP contribution in [-0.2, 0) is 11.2 Å². The summed E-state index contributed by atoms with van der Waals surface area (Å²) in [5.74, 6) is -0.873. The van der Waals surface area contributed by atoms with Crippen LogP contribution in [0, 0.1) is 0 Å². The van der Waals surface area contributed by atoms with Crippen LogP contribution in [0.1, 0.15) is 33.5 Å². The van der Waals surface area contributed by atoms with E-state index < -0.39 is 5.97 Å². The Morgan fingerprint density at radius 1 is 1.69 bits per heavy atom. The maximum atomic E-state index is 11.6. The molecule has 0 atom stereocenters. The first-order chi connectivity index (χ1) is 7.65. The largest absolute Gasteiger partial charge is 0.461 e. The summed E-state index contributed by atoms with van der Waals surface area (Å²) >= 11 is 0. The molecule has 1 amide bonds. The predicted molar refractivity (Wildman–Crippen MR) is 55.0 cm³/mol. The highest BCUT2D eigenvalue weighted by Crippen LogP contribution is 2.19. The molecule has 2 heterocycles. The Morgan fingerprint density at radius 3 is 3.12 bits per heavy atom. The third-order valence-electron chi connectivity index (χ3n) is 2.41. The van der Waals surface area contributed by atoms with Crippen LogP contribution in [0.3, 0.4) is 0 Å². The van der Waals surface area contributed by atoms with Gasteiger partial charge in [0.2, 0.25) is 7.98 Å². The minimum Gasteiger partial charge on any atom is -0.461 e. The number of amides is 1. The monoisotopic (exact) mass is 219 g/mol. The average molecular weight is 219 g/mol. The van der Waals surface area contributed by atoms with Crippen LogP contribution < -0.4 is 0 Å². The van der Waals surface area contributed by atoms with Gasteiger partial charge in [0.25, 0.3) is 5.91 Å². The number of hydrogen-bond donors (Lipinski definition) is 1. The number of ether oxygens (including phenoxy) is 1. The van der Waals surface area contributed by atoms with Crippen LogP contribution in [-0.4, -0.2) is 48.0 Å². The van der Waals surface area contributed by atoms with Crippen molar-refractivity contribution in [2.75, 3.05) is 13.2 Å². The molecular weight excluding hydrogens is 209 g/mol. The Hall–Kier alpha value is -1.79. The van der Waals surface area contributed by atoms with Gasteiger partial charge in [-0.3, -0.25) is 9.89 Å². The molecular formula is C9H10BN3O3. The van der Waals surface area contributed by atoms with E-state index in [4.69, 9.17) is 12.7 Å². The fourth-order valence-electron chi connectivity index (χ4n) is 1.63. The number of nitrogens with zero attached hydrogens (tertiary/aromatic N) is 2. The predicted octanol–water partition coefficient (Wildman–Crippen LogP) is -0.332. The molecule has 2 rings (SSSR count). The number of esters is 1. The molecule has 0 saturated heterocycles. The van der Waals surface area contributed by atoms with Gasteiger partial charge in [-0.1, -0.05) is 0 Å². The van der Waals surface area contributed by atoms with Gasteiger partial charge in [-0.05, 0) is 13.3 Å². The Balaban J connectivity index is 2.35. The van der Waals surface area contributed by atoms with Crippen LogP contribution in [0.25, 0.3) is 0 Å². The zero-order valence-electron chi connectivity index (χ0n) is 8.82. The van der Waals surface area contributed by atoms with Gasteiger partial charge in [0.1, 0.15) is 5.69 Å². The molecule has 0 aliphatic carbocycles. The minimum absolute atomic E-state index is 0.205. The fourth-order valence-corrected chi connectivity index (χ4v) is 1.63. The van der Waals surface area contributed by atoms with E-state index >= 15 is 0 Å². The van der Waals surface area contributed by atoms with E-state index in [1.807, 2.05) is 0 Å². The first-order valence-electron chi connectivity index (χ1n) is 4.96. The first-order valence-corrected chi connectivity index (χ1v) is 4.96. The highest BCUT2D eigenvalue weighted by Gasteiger charge is 2.29. The summed E-state index contributed by atoms with van der Waals surface area (Å²) in [5, 5.41) is 6.32. The van der Waals surface area contributed by atoms with E-state index in [9.17, 15) is 9.59 Å². The van der Waals surface area contributed by atoms with Crippen molar-refractivity contribution in [3.8, 4) is 0 Å². The van der Waals surface area contributed by atoms with E-state index in [1.165, 1.54) is 0 Å². The van der Waals surface area contributed by atoms with E-state index in [0.29, 0.717) is 18.5 Å². The average Bonchev–Trinajstić information content (AvgIpc) is 2.68. The molecule has 0 spiro atoms. The summed E-state index contributed by atoms with van der Waals surface area (Å²) in [6.45, 7) is 2.37. The number of aromatic amines is 1. The molecule has 16 heavy (non-hydrogen) atoms. The second-order valence-corrected chi connectivity index (χ2v) is 3.39. The Morgan fingerprint density at radius 2 is 2.44 bits per heavy atom. The summed E-state index contributed by atoms with van der Waals surface area (Å²) in [5.41, 5.74) is 1.04. The maximum absolute atomic E-state index is 11.6. The second-order valence-electron chi connectivity index (χ2n) is 3.39. The zero-order chi connectivity index (χ0) is 11.7. The normalized spacial score (nSPS) is 14.8. The van der Waals surface area contributed by atoms with Crippen LogP contribution in [0.2, 0.25) is 0 Å². The number of rotatable bonds is 2. The third kappa shape index (κ3) is 1.58. The van der Waals surface area contributed by atoms with Gasteiger partial charge in [-0.2, -0.15) is 5.10 Å². The van der Waals surface area contributed by atoms with E-state index in [0.717, 1.165) is 4.81 Å². The Kier molecular flexibility index (Phi) is 2.68. The fraction of sp³-hybridized carbons (Fsp3) is 0.444. The summed E-state index contributed by atoms with van der Waals surface area (Å²) in [6.07, 6.45) is 0.502. The molecule has 1 aliphatic rings. The van der Waals surface area contributed by atoms with Crippen molar-refractivity contribution < 1.29 is 14.3 Å². The standard InChI is InChI=1S/C9H10BN3O3/c1-2-16-9(15)7-5-3-4-13(10)8(14)6(5)11-12-7/h2-4H2,1H3,(H,11,12). The van der Waals surface area contributed by atoms with Crippen LogP contribution in [0.5, 0.6) is 0 Å². The van der Waals surface area contributed by atoms with Crippen molar-refractivity contribution >= 4 is 19.9 Å². The summed E-state index contributed by atoms with van der Waals surface area (Å²) < 4.78 is 4.85. The molecule has 0 unspecified atom stereocenters. The molecule has 2 radical (unpaired) electrons. The molecule has 1 aromatic rings. The van der Waals surface area contributed by atoms with Gasteiger partial charge in [-0.15, -0.1) is 0 Å². The molecule has 1 aromatic heterocycles. The highest BCUT2D eigenvalue weighted by molar-refractivity contribution is 6.18. The summed E-state index contributed by atoms with van der Waals surface area (Å²) in [7, 11) is 5.45. The Bertz CT molecular complexity index is 443. The summed E-state index contributed by atoms with van der Waals surface area (Å²) in [4.78, 5) is 24.2. The summed E-state index contributed by atoms with van der Waals surface area (Å²) in [6, 6.07) is 0. The van der Waals surface area contributed by atoms with Crippen molar-refractivity contribution in [2.24, 2.45) is 0 Å². The number of hydrogen-bond acceptors (Lipinski definition) is 4. The highest BCUT2D eigenvalue weighted by atomic mass is 16.5. The van der Waals surface area contributed by atoms with Gasteiger partial charge < -0.3 is 9.55 Å². The van der Waals surface area contributed by atoms with Crippen molar-refractivity contribution in [3.63, 3.8) is 0 Å². The topological polar surface area (TPSA) is 75.3 Å². The van der Waals surface area contributed by atoms with Crippen molar-refractivity contribution in [3.05, 3.63) is 17.0 Å². The first kappa shape index (κ1) is 10.7. The van der Waals surface area contributed by atoms with Gasteiger partial charge in [0.05, 0.1) is 6.61 Å². The lowest BCUT2D eigenvalue weighted by molar-refractivity contribution is 0.0518. The molecule has 1 aliphatic heterocycles. The lowest BCUT2D eigenvalue weighted by Crippen LogP contribution is -2.35. The molecule has 82 valence electrons. The molecule has 0 bridgehead atoms. The van der Waals surface area contributed by atoms with Gasteiger partial charge >= 0.3 is 5.97 Å². The van der Waals surface area contributed by atoms with Gasteiger partial charge in [0, 0.05) is 12.1 Å². The number of nitrogens with one attached hydrogen (secondary N) is 1. The second kappa shape index (κ2) is 4.00. The Labute approximate surface area is 93.4 Å². The van der Waals surface area contributed by atoms with Gasteiger partial charge in [0.15, 0.2) is 5.69 Å². The van der Waals surface area contributed by atoms with Crippen molar-refractivity contribution in [1.82, 2.24) is 15.0 Å². The van der Waals surface area contributed by atoms with Gasteiger partial charge in [-0.25, -0.2) is 4.79 Å². The molecule has 6 nitrogen and oxygen atoms in total. The molecule has 0 saturated carbocycles. The molecule has 1 N–H and O–H groups in total. The van der Waals surface area contributed by atoms with Crippen LogP contribution >= 0.6 is 0 Å². The number of carbonyl (C=O) groups excluding carboxylic acids is 2. The number of aromatic nitrogens is 2. The number of fused-ring (bicyclic) bond motifs is 1. The van der Waals surface area contributed by atoms with E-state index in [2.05, 4.69) is 10.2 Å². The smallest absolute Gasteiger partial charge is 0.356 e. The zero-order valence-corrected chi connectivity index (χ0v) is 8.82.